The Kier molecular flexibility index (Phi) is 3.73. The van der Waals surface area contributed by atoms with E-state index in [0.29, 0.717) is 0 Å². The molecule has 5 aliphatic rings. The Morgan fingerprint density at radius 2 is 1.46 bits per heavy atom. The maximum Gasteiger partial charge on any atom is 0.170 e. The SMILES string of the molecule is CC1=CC2=C(C=CC1)C1(C3=C(CCC=C3)c3cc4c(cc31)Oc1ccccc1O4)c1ccccc12. The predicted octanol–water partition coefficient (Wildman–Crippen LogP) is 8.66. The van der Waals surface area contributed by atoms with E-state index in [-0.39, 0.29) is 5.41 Å². The molecule has 3 aromatic carbocycles. The highest BCUT2D eigenvalue weighted by atomic mass is 16.6. The minimum atomic E-state index is -0.333. The number of benzene rings is 3. The molecule has 1 atom stereocenters. The minimum absolute atomic E-state index is 0.333. The molecule has 0 radical (unpaired) electrons. The van der Waals surface area contributed by atoms with E-state index in [2.05, 4.69) is 73.7 Å². The Labute approximate surface area is 205 Å². The van der Waals surface area contributed by atoms with Crippen molar-refractivity contribution in [3.63, 3.8) is 0 Å². The lowest BCUT2D eigenvalue weighted by Gasteiger charge is -2.33. The van der Waals surface area contributed by atoms with E-state index in [9.17, 15) is 0 Å². The van der Waals surface area contributed by atoms with Gasteiger partial charge in [-0.05, 0) is 95.0 Å². The largest absolute Gasteiger partial charge is 0.450 e. The molecule has 0 bridgehead atoms. The Balaban J connectivity index is 1.47. The first-order valence-electron chi connectivity index (χ1n) is 12.5. The first-order valence-corrected chi connectivity index (χ1v) is 12.5. The molecule has 2 heteroatoms. The predicted molar refractivity (Wildman–Crippen MR) is 140 cm³/mol. The summed E-state index contributed by atoms with van der Waals surface area (Å²) in [7, 11) is 0. The molecule has 0 amide bonds. The van der Waals surface area contributed by atoms with Crippen molar-refractivity contribution in [3.05, 3.63) is 130 Å². The molecule has 4 aliphatic carbocycles. The molecule has 0 N–H and O–H groups in total. The van der Waals surface area contributed by atoms with Crippen LogP contribution in [0.1, 0.15) is 48.4 Å². The number of ether oxygens (including phenoxy) is 2. The standard InChI is InChI=1S/C33H24O2/c1-20-9-8-14-27-23(17-20)21-10-2-4-12-25(21)33(27)26-13-5-3-11-22(26)24-18-31-32(19-28(24)33)35-30-16-7-6-15-29(30)34-31/h2,4-8,10,12-19H,3,9,11H2,1H3. The van der Waals surface area contributed by atoms with Crippen molar-refractivity contribution >= 4 is 11.1 Å². The third-order valence-corrected chi connectivity index (χ3v) is 8.11. The van der Waals surface area contributed by atoms with Gasteiger partial charge in [-0.25, -0.2) is 0 Å². The van der Waals surface area contributed by atoms with Crippen LogP contribution in [-0.2, 0) is 5.41 Å². The quantitative estimate of drug-likeness (QED) is 0.266. The van der Waals surface area contributed by atoms with Gasteiger partial charge in [0, 0.05) is 0 Å². The van der Waals surface area contributed by atoms with Crippen molar-refractivity contribution in [2.45, 2.75) is 31.6 Å². The van der Waals surface area contributed by atoms with Crippen molar-refractivity contribution in [2.24, 2.45) is 0 Å². The second-order valence-corrected chi connectivity index (χ2v) is 10.0. The normalized spacial score (nSPS) is 22.4. The Bertz CT molecular complexity index is 1620. The number of rotatable bonds is 0. The van der Waals surface area contributed by atoms with Crippen molar-refractivity contribution in [2.75, 3.05) is 0 Å². The number of allylic oxidation sites excluding steroid dienone is 10. The molecule has 2 nitrogen and oxygen atoms in total. The van der Waals surface area contributed by atoms with Crippen LogP contribution in [-0.4, -0.2) is 0 Å². The van der Waals surface area contributed by atoms with Gasteiger partial charge in [0.25, 0.3) is 0 Å². The third kappa shape index (κ3) is 2.39. The van der Waals surface area contributed by atoms with Crippen LogP contribution >= 0.6 is 0 Å². The lowest BCUT2D eigenvalue weighted by Crippen LogP contribution is -2.28. The highest BCUT2D eigenvalue weighted by molar-refractivity contribution is 5.99. The van der Waals surface area contributed by atoms with Gasteiger partial charge in [0.15, 0.2) is 23.0 Å². The first kappa shape index (κ1) is 19.3. The van der Waals surface area contributed by atoms with Crippen molar-refractivity contribution in [1.82, 2.24) is 0 Å². The van der Waals surface area contributed by atoms with Crippen molar-refractivity contribution in [1.29, 1.82) is 0 Å². The fourth-order valence-corrected chi connectivity index (χ4v) is 6.73. The van der Waals surface area contributed by atoms with E-state index in [0.717, 1.165) is 42.3 Å². The minimum Gasteiger partial charge on any atom is -0.450 e. The lowest BCUT2D eigenvalue weighted by atomic mass is 9.68. The van der Waals surface area contributed by atoms with Crippen LogP contribution in [0.2, 0.25) is 0 Å². The fraction of sp³-hybridized carbons (Fsp3) is 0.152. The second kappa shape index (κ2) is 6.76. The Morgan fingerprint density at radius 1 is 0.714 bits per heavy atom. The molecular formula is C33H24O2. The number of hydrogen-bond donors (Lipinski definition) is 0. The zero-order chi connectivity index (χ0) is 23.1. The monoisotopic (exact) mass is 452 g/mol. The van der Waals surface area contributed by atoms with Gasteiger partial charge < -0.3 is 9.47 Å². The summed E-state index contributed by atoms with van der Waals surface area (Å²) < 4.78 is 12.8. The van der Waals surface area contributed by atoms with Crippen molar-refractivity contribution in [3.8, 4) is 23.0 Å². The summed E-state index contributed by atoms with van der Waals surface area (Å²) in [6.07, 6.45) is 14.9. The highest BCUT2D eigenvalue weighted by Gasteiger charge is 2.53. The molecule has 1 spiro atoms. The smallest absolute Gasteiger partial charge is 0.170 e. The number of fused-ring (bicyclic) bond motifs is 10. The summed E-state index contributed by atoms with van der Waals surface area (Å²) in [5, 5.41) is 0. The average Bonchev–Trinajstić information content (AvgIpc) is 3.22. The number of hydrogen-bond acceptors (Lipinski definition) is 2. The number of para-hydroxylation sites is 2. The Hall–Kier alpha value is -4.04. The summed E-state index contributed by atoms with van der Waals surface area (Å²) in [5.74, 6) is 3.13. The summed E-state index contributed by atoms with van der Waals surface area (Å²) in [6, 6.07) is 21.4. The van der Waals surface area contributed by atoms with Gasteiger partial charge in [0.1, 0.15) is 0 Å². The van der Waals surface area contributed by atoms with E-state index < -0.39 is 0 Å². The molecule has 1 heterocycles. The fourth-order valence-electron chi connectivity index (χ4n) is 6.73. The second-order valence-electron chi connectivity index (χ2n) is 10.0. The zero-order valence-corrected chi connectivity index (χ0v) is 19.6. The van der Waals surface area contributed by atoms with Gasteiger partial charge in [0.2, 0.25) is 0 Å². The van der Waals surface area contributed by atoms with E-state index in [1.165, 1.54) is 50.1 Å². The van der Waals surface area contributed by atoms with Crippen LogP contribution in [0.5, 0.6) is 23.0 Å². The van der Waals surface area contributed by atoms with E-state index in [1.54, 1.807) is 0 Å². The van der Waals surface area contributed by atoms with Crippen LogP contribution in [0, 0.1) is 0 Å². The molecular weight excluding hydrogens is 428 g/mol. The molecule has 8 rings (SSSR count). The molecule has 168 valence electrons. The van der Waals surface area contributed by atoms with Crippen LogP contribution in [0.3, 0.4) is 0 Å². The van der Waals surface area contributed by atoms with Gasteiger partial charge in [-0.15, -0.1) is 0 Å². The molecule has 0 saturated carbocycles. The lowest BCUT2D eigenvalue weighted by molar-refractivity contribution is 0.359. The van der Waals surface area contributed by atoms with Gasteiger partial charge in [-0.2, -0.15) is 0 Å². The van der Waals surface area contributed by atoms with Crippen LogP contribution < -0.4 is 9.47 Å². The van der Waals surface area contributed by atoms with E-state index in [1.807, 2.05) is 24.3 Å². The van der Waals surface area contributed by atoms with Gasteiger partial charge >= 0.3 is 0 Å². The third-order valence-electron chi connectivity index (χ3n) is 8.11. The molecule has 1 aliphatic heterocycles. The van der Waals surface area contributed by atoms with Crippen molar-refractivity contribution < 1.29 is 9.47 Å². The van der Waals surface area contributed by atoms with Crippen LogP contribution in [0.4, 0.5) is 0 Å². The molecule has 35 heavy (non-hydrogen) atoms. The maximum absolute atomic E-state index is 6.42. The topological polar surface area (TPSA) is 18.5 Å². The Morgan fingerprint density at radius 3 is 2.31 bits per heavy atom. The van der Waals surface area contributed by atoms with Crippen LogP contribution in [0.25, 0.3) is 11.1 Å². The van der Waals surface area contributed by atoms with Gasteiger partial charge in [-0.1, -0.05) is 72.4 Å². The average molecular weight is 453 g/mol. The molecule has 1 unspecified atom stereocenters. The molecule has 0 aromatic heterocycles. The molecule has 0 fully saturated rings. The summed E-state index contributed by atoms with van der Waals surface area (Å²) in [5.41, 5.74) is 12.0. The molecule has 0 saturated heterocycles. The zero-order valence-electron chi connectivity index (χ0n) is 19.6. The van der Waals surface area contributed by atoms with E-state index in [4.69, 9.17) is 9.47 Å². The first-order chi connectivity index (χ1) is 17.2. The maximum atomic E-state index is 6.42. The summed E-state index contributed by atoms with van der Waals surface area (Å²) >= 11 is 0. The van der Waals surface area contributed by atoms with Gasteiger partial charge in [0.05, 0.1) is 5.41 Å². The summed E-state index contributed by atoms with van der Waals surface area (Å²) in [6.45, 7) is 2.24. The highest BCUT2D eigenvalue weighted by Crippen LogP contribution is 2.65. The van der Waals surface area contributed by atoms with Crippen LogP contribution in [0.15, 0.2) is 108 Å². The van der Waals surface area contributed by atoms with Gasteiger partial charge in [-0.3, -0.25) is 0 Å². The summed E-state index contributed by atoms with van der Waals surface area (Å²) in [4.78, 5) is 0. The van der Waals surface area contributed by atoms with E-state index >= 15 is 0 Å². The molecule has 3 aromatic rings.